The largest absolute Gasteiger partial charge is 0.384 e. The first-order valence-corrected chi connectivity index (χ1v) is 13.2. The summed E-state index contributed by atoms with van der Waals surface area (Å²) < 4.78 is 1.96. The first-order chi connectivity index (χ1) is 17.1. The monoisotopic (exact) mass is 471 g/mol. The van der Waals surface area contributed by atoms with Gasteiger partial charge in [-0.1, -0.05) is 24.3 Å². The van der Waals surface area contributed by atoms with Crippen LogP contribution in [0.1, 0.15) is 31.2 Å². The summed E-state index contributed by atoms with van der Waals surface area (Å²) in [4.78, 5) is 19.2. The molecule has 1 unspecified atom stereocenters. The highest BCUT2D eigenvalue weighted by atomic mass is 16.3. The van der Waals surface area contributed by atoms with E-state index >= 15 is 0 Å². The third-order valence-electron chi connectivity index (χ3n) is 8.79. The maximum absolute atomic E-state index is 12.4. The lowest BCUT2D eigenvalue weighted by molar-refractivity contribution is -0.132. The van der Waals surface area contributed by atoms with E-state index in [2.05, 4.69) is 57.5 Å². The van der Waals surface area contributed by atoms with Crippen LogP contribution in [0.5, 0.6) is 0 Å². The number of aromatic nitrogens is 2. The molecule has 1 saturated carbocycles. The van der Waals surface area contributed by atoms with Crippen LogP contribution in [0.2, 0.25) is 0 Å². The summed E-state index contributed by atoms with van der Waals surface area (Å²) >= 11 is 0. The van der Waals surface area contributed by atoms with Crippen LogP contribution in [0, 0.1) is 11.8 Å². The van der Waals surface area contributed by atoms with E-state index in [1.54, 1.807) is 0 Å². The van der Waals surface area contributed by atoms with Crippen LogP contribution in [0.15, 0.2) is 48.8 Å². The molecule has 1 amide bonds. The van der Waals surface area contributed by atoms with Crippen LogP contribution >= 0.6 is 0 Å². The number of piperazine rings is 1. The highest BCUT2D eigenvalue weighted by molar-refractivity contribution is 5.82. The van der Waals surface area contributed by atoms with Crippen molar-refractivity contribution in [3.05, 3.63) is 54.4 Å². The summed E-state index contributed by atoms with van der Waals surface area (Å²) in [6.07, 6.45) is 8.25. The molecule has 1 aliphatic carbocycles. The SMILES string of the molecule is O=C(C1CC1)N1CCN(c2ccnn3cc(-c4ccc(C5(O)CN6CCC5CC6)cc4)cc23)CC1. The number of carbonyl (C=O) groups is 1. The number of amides is 1. The molecule has 2 aromatic heterocycles. The summed E-state index contributed by atoms with van der Waals surface area (Å²) in [6.45, 7) is 6.27. The van der Waals surface area contributed by atoms with Crippen LogP contribution < -0.4 is 4.90 Å². The second kappa shape index (κ2) is 8.07. The van der Waals surface area contributed by atoms with Crippen molar-refractivity contribution < 1.29 is 9.90 Å². The molecule has 1 atom stereocenters. The second-order valence-corrected chi connectivity index (χ2v) is 10.9. The Hall–Kier alpha value is -2.90. The van der Waals surface area contributed by atoms with Crippen LogP contribution in [-0.4, -0.2) is 76.2 Å². The Bertz CT molecular complexity index is 1250. The van der Waals surface area contributed by atoms with Gasteiger partial charge in [0.25, 0.3) is 0 Å². The number of rotatable bonds is 4. The van der Waals surface area contributed by atoms with Crippen molar-refractivity contribution in [3.8, 4) is 11.1 Å². The Morgan fingerprint density at radius 3 is 2.31 bits per heavy atom. The predicted molar refractivity (Wildman–Crippen MR) is 135 cm³/mol. The molecule has 1 aromatic carbocycles. The third-order valence-corrected chi connectivity index (χ3v) is 8.79. The number of fused-ring (bicyclic) bond motifs is 4. The fraction of sp³-hybridized carbons (Fsp3) is 0.500. The lowest BCUT2D eigenvalue weighted by atomic mass is 9.71. The first kappa shape index (κ1) is 21.4. The molecule has 4 saturated heterocycles. The van der Waals surface area contributed by atoms with Crippen molar-refractivity contribution in [3.63, 3.8) is 0 Å². The first-order valence-electron chi connectivity index (χ1n) is 13.2. The summed E-state index contributed by atoms with van der Waals surface area (Å²) in [5, 5.41) is 16.1. The van der Waals surface area contributed by atoms with E-state index in [9.17, 15) is 9.90 Å². The van der Waals surface area contributed by atoms with Crippen molar-refractivity contribution in [1.82, 2.24) is 19.4 Å². The van der Waals surface area contributed by atoms with Gasteiger partial charge in [-0.15, -0.1) is 0 Å². The van der Waals surface area contributed by atoms with Gasteiger partial charge in [0.15, 0.2) is 0 Å². The molecule has 0 spiro atoms. The van der Waals surface area contributed by atoms with Gasteiger partial charge in [0.1, 0.15) is 5.60 Å². The number of carbonyl (C=O) groups excluding carboxylic acids is 1. The van der Waals surface area contributed by atoms with Crippen LogP contribution in [0.25, 0.3) is 16.6 Å². The van der Waals surface area contributed by atoms with Crippen molar-refractivity contribution in [2.75, 3.05) is 50.7 Å². The van der Waals surface area contributed by atoms with E-state index in [0.717, 1.165) is 93.7 Å². The lowest BCUT2D eigenvalue weighted by Crippen LogP contribution is -2.57. The predicted octanol–water partition coefficient (Wildman–Crippen LogP) is 2.97. The number of anilines is 1. The zero-order chi connectivity index (χ0) is 23.6. The molecule has 7 heteroatoms. The zero-order valence-electron chi connectivity index (χ0n) is 20.1. The van der Waals surface area contributed by atoms with Gasteiger partial charge in [-0.25, -0.2) is 4.52 Å². The number of aliphatic hydroxyl groups is 1. The minimum Gasteiger partial charge on any atom is -0.384 e. The number of hydrogen-bond acceptors (Lipinski definition) is 5. The van der Waals surface area contributed by atoms with Crippen LogP contribution in [0.3, 0.4) is 0 Å². The van der Waals surface area contributed by atoms with Crippen molar-refractivity contribution in [1.29, 1.82) is 0 Å². The van der Waals surface area contributed by atoms with E-state index in [-0.39, 0.29) is 0 Å². The average Bonchev–Trinajstić information content (AvgIpc) is 3.67. The van der Waals surface area contributed by atoms with Gasteiger partial charge in [-0.05, 0) is 68.0 Å². The zero-order valence-corrected chi connectivity index (χ0v) is 20.1. The quantitative estimate of drug-likeness (QED) is 0.634. The highest BCUT2D eigenvalue weighted by Gasteiger charge is 2.46. The van der Waals surface area contributed by atoms with E-state index in [1.807, 2.05) is 15.6 Å². The molecule has 35 heavy (non-hydrogen) atoms. The van der Waals surface area contributed by atoms with Gasteiger partial charge in [0, 0.05) is 56.6 Å². The van der Waals surface area contributed by atoms with E-state index in [4.69, 9.17) is 0 Å². The molecule has 8 rings (SSSR count). The Morgan fingerprint density at radius 2 is 1.66 bits per heavy atom. The van der Waals surface area contributed by atoms with Crippen molar-refractivity contribution in [2.24, 2.45) is 11.8 Å². The minimum atomic E-state index is -0.724. The molecule has 5 aliphatic rings. The van der Waals surface area contributed by atoms with Crippen LogP contribution in [-0.2, 0) is 10.4 Å². The molecule has 5 fully saturated rings. The summed E-state index contributed by atoms with van der Waals surface area (Å²) in [7, 11) is 0. The maximum Gasteiger partial charge on any atom is 0.225 e. The van der Waals surface area contributed by atoms with Crippen molar-refractivity contribution in [2.45, 2.75) is 31.3 Å². The van der Waals surface area contributed by atoms with Gasteiger partial charge in [-0.2, -0.15) is 5.10 Å². The molecule has 3 aromatic rings. The van der Waals surface area contributed by atoms with Gasteiger partial charge < -0.3 is 19.8 Å². The van der Waals surface area contributed by atoms with Gasteiger partial charge in [-0.3, -0.25) is 4.79 Å². The van der Waals surface area contributed by atoms with Crippen molar-refractivity contribution >= 4 is 17.1 Å². The molecular formula is C28H33N5O2. The van der Waals surface area contributed by atoms with Gasteiger partial charge in [0.2, 0.25) is 5.91 Å². The number of benzene rings is 1. The van der Waals surface area contributed by atoms with E-state index in [1.165, 1.54) is 5.69 Å². The van der Waals surface area contributed by atoms with Crippen LogP contribution in [0.4, 0.5) is 5.69 Å². The summed E-state index contributed by atoms with van der Waals surface area (Å²) in [5.74, 6) is 1.00. The molecule has 0 radical (unpaired) electrons. The second-order valence-electron chi connectivity index (χ2n) is 10.9. The number of nitrogens with zero attached hydrogens (tertiary/aromatic N) is 5. The van der Waals surface area contributed by atoms with Gasteiger partial charge in [0.05, 0.1) is 11.2 Å². The molecule has 182 valence electrons. The lowest BCUT2D eigenvalue weighted by Gasteiger charge is -2.50. The van der Waals surface area contributed by atoms with E-state index in [0.29, 0.717) is 17.7 Å². The Kier molecular flexibility index (Phi) is 4.93. The summed E-state index contributed by atoms with van der Waals surface area (Å²) in [5.41, 5.74) is 4.83. The third kappa shape index (κ3) is 3.64. The molecule has 6 heterocycles. The summed E-state index contributed by atoms with van der Waals surface area (Å²) in [6, 6.07) is 12.8. The normalized spacial score (nSPS) is 28.6. The molecule has 2 bridgehead atoms. The minimum absolute atomic E-state index is 0.292. The Morgan fingerprint density at radius 1 is 0.914 bits per heavy atom. The van der Waals surface area contributed by atoms with Gasteiger partial charge >= 0.3 is 0 Å². The molecular weight excluding hydrogens is 438 g/mol. The number of hydrogen-bond donors (Lipinski definition) is 1. The fourth-order valence-corrected chi connectivity index (χ4v) is 6.50. The molecule has 7 nitrogen and oxygen atoms in total. The Balaban J connectivity index is 1.12. The molecule has 4 aliphatic heterocycles. The standard InChI is InChI=1S/C28H33N5O2/c34-27(21-1-2-21)32-15-13-31(14-16-32)25-7-10-29-33-18-22(17-26(25)33)20-3-5-23(6-4-20)28(35)19-30-11-8-24(28)9-12-30/h3-7,10,17-18,21,24,35H,1-2,8-9,11-16,19H2. The Labute approximate surface area is 205 Å². The smallest absolute Gasteiger partial charge is 0.225 e. The highest BCUT2D eigenvalue weighted by Crippen LogP contribution is 2.43. The maximum atomic E-state index is 12.4. The molecule has 1 N–H and O–H groups in total. The van der Waals surface area contributed by atoms with E-state index < -0.39 is 5.60 Å². The fourth-order valence-electron chi connectivity index (χ4n) is 6.50. The average molecular weight is 472 g/mol. The number of piperidine rings is 3. The topological polar surface area (TPSA) is 64.3 Å².